The number of nitrogens with zero attached hydrogens (tertiary/aromatic N) is 7. The predicted molar refractivity (Wildman–Crippen MR) is 132 cm³/mol. The molecule has 2 aliphatic heterocycles. The van der Waals surface area contributed by atoms with Crippen LogP contribution < -0.4 is 15.8 Å². The van der Waals surface area contributed by atoms with Crippen molar-refractivity contribution in [3.63, 3.8) is 0 Å². The number of amides is 1. The molecule has 1 atom stereocenters. The van der Waals surface area contributed by atoms with Crippen LogP contribution in [0.5, 0.6) is 0 Å². The summed E-state index contributed by atoms with van der Waals surface area (Å²) in [5, 5.41) is 3.87. The van der Waals surface area contributed by atoms with Crippen molar-refractivity contribution >= 4 is 40.0 Å². The maximum Gasteiger partial charge on any atom is 0.267 e. The van der Waals surface area contributed by atoms with E-state index in [1.54, 1.807) is 53.2 Å². The molecule has 1 fully saturated rings. The lowest BCUT2D eigenvalue weighted by molar-refractivity contribution is 0.0796. The van der Waals surface area contributed by atoms with E-state index in [2.05, 4.69) is 20.3 Å². The number of carbonyl (C=O) groups excluding carboxylic acids is 1. The molecule has 1 amide bonds. The average molecular weight is 489 g/mol. The number of anilines is 2. The third-order valence-electron chi connectivity index (χ3n) is 6.47. The van der Waals surface area contributed by atoms with Gasteiger partial charge in [-0.3, -0.25) is 19.1 Å². The largest absolute Gasteiger partial charge is 0.352 e. The number of nitrogens with one attached hydrogen (secondary N) is 1. The summed E-state index contributed by atoms with van der Waals surface area (Å²) in [5.41, 5.74) is 1.27. The van der Waals surface area contributed by atoms with Crippen LogP contribution in [0.4, 0.5) is 11.6 Å². The zero-order valence-corrected chi connectivity index (χ0v) is 19.6. The van der Waals surface area contributed by atoms with Crippen LogP contribution in [0.3, 0.4) is 0 Å². The molecule has 0 saturated carbocycles. The molecule has 1 N–H and O–H groups in total. The fourth-order valence-corrected chi connectivity index (χ4v) is 5.09. The fraction of sp³-hybridized carbons (Fsp3) is 0.250. The minimum Gasteiger partial charge on any atom is -0.352 e. The SMILES string of the molecule is CN1CNc2ncnc(N3CCC[C@H]3c3nc4cccc(Cl)c4c(=O)n3-c3cccnc3)c2C1=O. The zero-order chi connectivity index (χ0) is 24.1. The van der Waals surface area contributed by atoms with Gasteiger partial charge in [0.2, 0.25) is 0 Å². The van der Waals surface area contributed by atoms with Crippen LogP contribution in [0.1, 0.15) is 35.1 Å². The van der Waals surface area contributed by atoms with Crippen LogP contribution in [0.2, 0.25) is 5.02 Å². The second-order valence-electron chi connectivity index (χ2n) is 8.57. The van der Waals surface area contributed by atoms with E-state index in [1.165, 1.54) is 6.33 Å². The van der Waals surface area contributed by atoms with Crippen molar-refractivity contribution in [3.8, 4) is 5.69 Å². The van der Waals surface area contributed by atoms with Gasteiger partial charge < -0.3 is 15.1 Å². The lowest BCUT2D eigenvalue weighted by Crippen LogP contribution is -2.40. The van der Waals surface area contributed by atoms with Gasteiger partial charge in [0, 0.05) is 19.8 Å². The van der Waals surface area contributed by atoms with Crippen molar-refractivity contribution in [1.82, 2.24) is 29.4 Å². The molecule has 11 heteroatoms. The van der Waals surface area contributed by atoms with Crippen molar-refractivity contribution in [3.05, 3.63) is 75.8 Å². The van der Waals surface area contributed by atoms with Crippen LogP contribution in [0.15, 0.2) is 53.8 Å². The number of aromatic nitrogens is 5. The van der Waals surface area contributed by atoms with Crippen molar-refractivity contribution in [2.75, 3.05) is 30.5 Å². The Bertz CT molecular complexity index is 1520. The minimum atomic E-state index is -0.301. The van der Waals surface area contributed by atoms with Gasteiger partial charge in [-0.05, 0) is 37.1 Å². The molecular weight excluding hydrogens is 468 g/mol. The predicted octanol–water partition coefficient (Wildman–Crippen LogP) is 3.02. The van der Waals surface area contributed by atoms with E-state index in [-0.39, 0.29) is 17.5 Å². The normalized spacial score (nSPS) is 17.5. The first-order chi connectivity index (χ1) is 17.0. The Morgan fingerprint density at radius 2 is 2.03 bits per heavy atom. The number of fused-ring (bicyclic) bond motifs is 2. The Balaban J connectivity index is 1.58. The minimum absolute atomic E-state index is 0.150. The van der Waals surface area contributed by atoms with Crippen LogP contribution in [0.25, 0.3) is 16.6 Å². The molecule has 0 radical (unpaired) electrons. The van der Waals surface area contributed by atoms with Gasteiger partial charge in [-0.25, -0.2) is 15.0 Å². The number of carbonyl (C=O) groups is 1. The molecule has 1 saturated heterocycles. The average Bonchev–Trinajstić information content (AvgIpc) is 3.36. The molecule has 10 nitrogen and oxygen atoms in total. The quantitative estimate of drug-likeness (QED) is 0.468. The number of benzene rings is 1. The smallest absolute Gasteiger partial charge is 0.267 e. The summed E-state index contributed by atoms with van der Waals surface area (Å²) in [7, 11) is 1.73. The van der Waals surface area contributed by atoms with Crippen molar-refractivity contribution in [2.45, 2.75) is 18.9 Å². The molecule has 176 valence electrons. The Hall–Kier alpha value is -4.05. The van der Waals surface area contributed by atoms with E-state index in [0.29, 0.717) is 57.8 Å². The maximum atomic E-state index is 13.8. The molecule has 4 aromatic rings. The molecule has 2 aliphatic rings. The van der Waals surface area contributed by atoms with E-state index in [9.17, 15) is 9.59 Å². The molecule has 5 heterocycles. The van der Waals surface area contributed by atoms with Crippen LogP contribution in [-0.2, 0) is 0 Å². The number of pyridine rings is 1. The number of hydrogen-bond donors (Lipinski definition) is 1. The molecule has 0 bridgehead atoms. The molecule has 1 aromatic carbocycles. The van der Waals surface area contributed by atoms with Gasteiger partial charge in [-0.1, -0.05) is 17.7 Å². The number of rotatable bonds is 3. The first-order valence-electron chi connectivity index (χ1n) is 11.3. The van der Waals surface area contributed by atoms with Crippen molar-refractivity contribution in [2.24, 2.45) is 0 Å². The Morgan fingerprint density at radius 3 is 2.86 bits per heavy atom. The van der Waals surface area contributed by atoms with Crippen LogP contribution in [-0.4, -0.2) is 55.6 Å². The lowest BCUT2D eigenvalue weighted by atomic mass is 10.1. The first-order valence-corrected chi connectivity index (χ1v) is 11.6. The van der Waals surface area contributed by atoms with Gasteiger partial charge >= 0.3 is 0 Å². The van der Waals surface area contributed by atoms with Gasteiger partial charge in [0.1, 0.15) is 29.4 Å². The number of hydrogen-bond acceptors (Lipinski definition) is 8. The highest BCUT2D eigenvalue weighted by atomic mass is 35.5. The summed E-state index contributed by atoms with van der Waals surface area (Å²) in [5.74, 6) is 1.43. The lowest BCUT2D eigenvalue weighted by Gasteiger charge is -2.32. The van der Waals surface area contributed by atoms with Gasteiger partial charge in [0.25, 0.3) is 11.5 Å². The summed E-state index contributed by atoms with van der Waals surface area (Å²) in [6.45, 7) is 1.03. The van der Waals surface area contributed by atoms with Gasteiger partial charge in [0.15, 0.2) is 0 Å². The summed E-state index contributed by atoms with van der Waals surface area (Å²) in [6, 6.07) is 8.54. The monoisotopic (exact) mass is 488 g/mol. The Morgan fingerprint density at radius 1 is 1.14 bits per heavy atom. The summed E-state index contributed by atoms with van der Waals surface area (Å²) >= 11 is 6.42. The van der Waals surface area contributed by atoms with Crippen LogP contribution in [0, 0.1) is 0 Å². The van der Waals surface area contributed by atoms with E-state index >= 15 is 0 Å². The second kappa shape index (κ2) is 8.31. The van der Waals surface area contributed by atoms with E-state index in [0.717, 1.165) is 12.8 Å². The Kier molecular flexibility index (Phi) is 5.10. The van der Waals surface area contributed by atoms with Crippen molar-refractivity contribution in [1.29, 1.82) is 0 Å². The molecular formula is C24H21ClN8O2. The highest BCUT2D eigenvalue weighted by Crippen LogP contribution is 2.39. The highest BCUT2D eigenvalue weighted by Gasteiger charge is 2.37. The molecule has 3 aromatic heterocycles. The third kappa shape index (κ3) is 3.40. The summed E-state index contributed by atoms with van der Waals surface area (Å²) < 4.78 is 1.57. The Labute approximate surface area is 205 Å². The van der Waals surface area contributed by atoms with Gasteiger partial charge in [-0.2, -0.15) is 0 Å². The van der Waals surface area contributed by atoms with E-state index < -0.39 is 0 Å². The first kappa shape index (κ1) is 21.5. The third-order valence-corrected chi connectivity index (χ3v) is 6.79. The molecule has 6 rings (SSSR count). The second-order valence-corrected chi connectivity index (χ2v) is 8.97. The molecule has 35 heavy (non-hydrogen) atoms. The fourth-order valence-electron chi connectivity index (χ4n) is 4.84. The standard InChI is InChI=1S/C24H21ClN8O2/c1-31-13-29-20-19(23(31)34)22(28-12-27-20)32-10-4-8-17(32)21-30-16-7-2-6-15(25)18(16)24(35)33(21)14-5-3-9-26-11-14/h2-3,5-7,9,11-12,17H,4,8,10,13H2,1H3,(H,27,28,29)/t17-/m0/s1. The van der Waals surface area contributed by atoms with Crippen molar-refractivity contribution < 1.29 is 4.79 Å². The molecule has 0 aliphatic carbocycles. The van der Waals surface area contributed by atoms with E-state index in [1.807, 2.05) is 11.0 Å². The van der Waals surface area contributed by atoms with E-state index in [4.69, 9.17) is 16.6 Å². The highest BCUT2D eigenvalue weighted by molar-refractivity contribution is 6.35. The number of halogens is 1. The maximum absolute atomic E-state index is 13.8. The molecule has 0 unspecified atom stereocenters. The summed E-state index contributed by atoms with van der Waals surface area (Å²) in [4.78, 5) is 48.4. The topological polar surface area (TPSA) is 109 Å². The zero-order valence-electron chi connectivity index (χ0n) is 18.8. The van der Waals surface area contributed by atoms with Crippen LogP contribution >= 0.6 is 11.6 Å². The van der Waals surface area contributed by atoms with Gasteiger partial charge in [0.05, 0.1) is 40.5 Å². The summed E-state index contributed by atoms with van der Waals surface area (Å²) in [6.07, 6.45) is 6.31. The molecule has 0 spiro atoms. The van der Waals surface area contributed by atoms with Gasteiger partial charge in [-0.15, -0.1) is 0 Å².